The molecule has 1 amide bonds. The van der Waals surface area contributed by atoms with Gasteiger partial charge in [0, 0.05) is 0 Å². The molecule has 0 spiro atoms. The van der Waals surface area contributed by atoms with E-state index in [1.165, 1.54) is 14.2 Å². The molecule has 1 aliphatic heterocycles. The Hall–Kier alpha value is -2.45. The second-order valence-electron chi connectivity index (χ2n) is 5.16. The zero-order valence-electron chi connectivity index (χ0n) is 14.2. The third-order valence-electron chi connectivity index (χ3n) is 3.53. The maximum atomic E-state index is 12.6. The Morgan fingerprint density at radius 2 is 1.92 bits per heavy atom. The minimum Gasteiger partial charge on any atom is -0.469 e. The molecule has 1 atom stereocenters. The van der Waals surface area contributed by atoms with Crippen molar-refractivity contribution in [2.75, 3.05) is 14.2 Å². The van der Waals surface area contributed by atoms with Gasteiger partial charge in [0.15, 0.2) is 0 Å². The molecular formula is C18H17NO5S2. The number of carbonyl (C=O) groups excluding carboxylic acids is 3. The van der Waals surface area contributed by atoms with Crippen molar-refractivity contribution in [1.82, 2.24) is 4.90 Å². The molecule has 1 aliphatic rings. The smallest absolute Gasteiger partial charge is 0.329 e. The highest BCUT2D eigenvalue weighted by molar-refractivity contribution is 8.26. The van der Waals surface area contributed by atoms with Crippen molar-refractivity contribution >= 4 is 52.2 Å². The maximum absolute atomic E-state index is 12.6. The Bertz CT molecular complexity index is 773. The summed E-state index contributed by atoms with van der Waals surface area (Å²) in [5.74, 6) is -1.81. The van der Waals surface area contributed by atoms with Crippen molar-refractivity contribution in [2.24, 2.45) is 0 Å². The summed E-state index contributed by atoms with van der Waals surface area (Å²) in [5.41, 5.74) is 0.984. The van der Waals surface area contributed by atoms with E-state index in [9.17, 15) is 14.4 Å². The Labute approximate surface area is 160 Å². The molecule has 2 rings (SSSR count). The average Bonchev–Trinajstić information content (AvgIpc) is 2.93. The van der Waals surface area contributed by atoms with Crippen molar-refractivity contribution in [1.29, 1.82) is 0 Å². The molecule has 1 saturated heterocycles. The van der Waals surface area contributed by atoms with Gasteiger partial charge in [-0.15, -0.1) is 0 Å². The molecule has 0 saturated carbocycles. The van der Waals surface area contributed by atoms with Crippen LogP contribution in [0.3, 0.4) is 0 Å². The third kappa shape index (κ3) is 4.80. The van der Waals surface area contributed by atoms with E-state index in [4.69, 9.17) is 17.0 Å². The number of methoxy groups -OCH3 is 2. The van der Waals surface area contributed by atoms with Gasteiger partial charge in [-0.3, -0.25) is 14.5 Å². The molecule has 1 fully saturated rings. The van der Waals surface area contributed by atoms with E-state index >= 15 is 0 Å². The number of esters is 2. The first-order chi connectivity index (χ1) is 12.5. The molecular weight excluding hydrogens is 374 g/mol. The summed E-state index contributed by atoms with van der Waals surface area (Å²) in [4.78, 5) is 37.7. The van der Waals surface area contributed by atoms with Gasteiger partial charge in [-0.1, -0.05) is 66.5 Å². The Balaban J connectivity index is 2.20. The summed E-state index contributed by atoms with van der Waals surface area (Å²) in [7, 11) is 2.39. The van der Waals surface area contributed by atoms with E-state index in [1.54, 1.807) is 12.2 Å². The van der Waals surface area contributed by atoms with Gasteiger partial charge < -0.3 is 9.47 Å². The monoisotopic (exact) mass is 391 g/mol. The summed E-state index contributed by atoms with van der Waals surface area (Å²) >= 11 is 6.28. The molecule has 0 unspecified atom stereocenters. The fourth-order valence-electron chi connectivity index (χ4n) is 2.23. The standard InChI is InChI=1S/C18H17NO5S2/c1-23-15(20)11-13(17(22)24-2)19-16(21)14(26-18(19)25)10-6-9-12-7-4-3-5-8-12/h3-10,13H,11H2,1-2H3/b9-6+,14-10-/t13-/m0/s1. The number of thiocarbonyl (C=S) groups is 1. The van der Waals surface area contributed by atoms with Crippen LogP contribution < -0.4 is 0 Å². The first kappa shape index (κ1) is 19.9. The number of carbonyl (C=O) groups is 3. The Morgan fingerprint density at radius 1 is 1.23 bits per heavy atom. The molecule has 1 aromatic carbocycles. The third-order valence-corrected chi connectivity index (χ3v) is 4.88. The highest BCUT2D eigenvalue weighted by atomic mass is 32.2. The first-order valence-corrected chi connectivity index (χ1v) is 8.83. The van der Waals surface area contributed by atoms with Crippen LogP contribution in [-0.4, -0.2) is 47.3 Å². The number of amides is 1. The predicted molar refractivity (Wildman–Crippen MR) is 103 cm³/mol. The quantitative estimate of drug-likeness (QED) is 0.419. The van der Waals surface area contributed by atoms with Gasteiger partial charge in [0.25, 0.3) is 5.91 Å². The van der Waals surface area contributed by atoms with Crippen molar-refractivity contribution in [3.63, 3.8) is 0 Å². The summed E-state index contributed by atoms with van der Waals surface area (Å²) in [6.07, 6.45) is 4.87. The van der Waals surface area contributed by atoms with E-state index in [2.05, 4.69) is 4.74 Å². The van der Waals surface area contributed by atoms with Crippen molar-refractivity contribution in [3.8, 4) is 0 Å². The van der Waals surface area contributed by atoms with Gasteiger partial charge >= 0.3 is 11.9 Å². The molecule has 6 nitrogen and oxygen atoms in total. The minimum absolute atomic E-state index is 0.189. The number of thioether (sulfide) groups is 1. The van der Waals surface area contributed by atoms with Crippen LogP contribution in [-0.2, 0) is 23.9 Å². The lowest BCUT2D eigenvalue weighted by molar-refractivity contribution is -0.153. The maximum Gasteiger partial charge on any atom is 0.329 e. The number of rotatable bonds is 6. The lowest BCUT2D eigenvalue weighted by Gasteiger charge is -2.23. The number of ether oxygens (including phenoxy) is 2. The molecule has 8 heteroatoms. The van der Waals surface area contributed by atoms with Crippen LogP contribution >= 0.6 is 24.0 Å². The van der Waals surface area contributed by atoms with Crippen LogP contribution in [0.25, 0.3) is 6.08 Å². The van der Waals surface area contributed by atoms with Crippen molar-refractivity contribution < 1.29 is 23.9 Å². The van der Waals surface area contributed by atoms with Crippen molar-refractivity contribution in [2.45, 2.75) is 12.5 Å². The lowest BCUT2D eigenvalue weighted by Crippen LogP contribution is -2.45. The molecule has 0 N–H and O–H groups in total. The number of benzene rings is 1. The SMILES string of the molecule is COC(=O)C[C@@H](C(=O)OC)N1C(=O)/C(=C/C=C/c2ccccc2)SC1=S. The van der Waals surface area contributed by atoms with Crippen LogP contribution in [0.4, 0.5) is 0 Å². The van der Waals surface area contributed by atoms with E-state index in [0.717, 1.165) is 22.2 Å². The molecule has 0 aromatic heterocycles. The fourth-order valence-corrected chi connectivity index (χ4v) is 3.54. The van der Waals surface area contributed by atoms with E-state index in [-0.39, 0.29) is 10.7 Å². The summed E-state index contributed by atoms with van der Waals surface area (Å²) in [6, 6.07) is 8.44. The van der Waals surface area contributed by atoms with Crippen LogP contribution in [0, 0.1) is 0 Å². The number of hydrogen-bond acceptors (Lipinski definition) is 7. The van der Waals surface area contributed by atoms with Crippen LogP contribution in [0.1, 0.15) is 12.0 Å². The highest BCUT2D eigenvalue weighted by Gasteiger charge is 2.42. The van der Waals surface area contributed by atoms with Crippen LogP contribution in [0.2, 0.25) is 0 Å². The number of nitrogens with zero attached hydrogens (tertiary/aromatic N) is 1. The molecule has 1 aromatic rings. The van der Waals surface area contributed by atoms with Gasteiger partial charge in [0.1, 0.15) is 10.4 Å². The lowest BCUT2D eigenvalue weighted by atomic mass is 10.1. The summed E-state index contributed by atoms with van der Waals surface area (Å²) < 4.78 is 9.47. The average molecular weight is 391 g/mol. The molecule has 0 bridgehead atoms. The van der Waals surface area contributed by atoms with E-state index < -0.39 is 23.9 Å². The van der Waals surface area contributed by atoms with Gasteiger partial charge in [0.05, 0.1) is 25.5 Å². The normalized spacial score (nSPS) is 17.0. The van der Waals surface area contributed by atoms with Gasteiger partial charge in [-0.25, -0.2) is 4.79 Å². The zero-order chi connectivity index (χ0) is 19.1. The van der Waals surface area contributed by atoms with Crippen LogP contribution in [0.5, 0.6) is 0 Å². The van der Waals surface area contributed by atoms with Gasteiger partial charge in [-0.2, -0.15) is 0 Å². The Kier molecular flexibility index (Phi) is 7.11. The molecule has 0 radical (unpaired) electrons. The zero-order valence-corrected chi connectivity index (χ0v) is 15.8. The second-order valence-corrected chi connectivity index (χ2v) is 6.84. The minimum atomic E-state index is -1.15. The van der Waals surface area contributed by atoms with Crippen molar-refractivity contribution in [3.05, 3.63) is 53.0 Å². The first-order valence-electron chi connectivity index (χ1n) is 7.61. The molecule has 0 aliphatic carbocycles. The molecule has 26 heavy (non-hydrogen) atoms. The highest BCUT2D eigenvalue weighted by Crippen LogP contribution is 2.33. The summed E-state index contributed by atoms with van der Waals surface area (Å²) in [6.45, 7) is 0. The number of hydrogen-bond donors (Lipinski definition) is 0. The fraction of sp³-hybridized carbons (Fsp3) is 0.222. The largest absolute Gasteiger partial charge is 0.469 e. The summed E-state index contributed by atoms with van der Waals surface area (Å²) in [5, 5.41) is 0. The predicted octanol–water partition coefficient (Wildman–Crippen LogP) is 2.55. The van der Waals surface area contributed by atoms with Gasteiger partial charge in [-0.05, 0) is 11.6 Å². The van der Waals surface area contributed by atoms with E-state index in [1.807, 2.05) is 36.4 Å². The Morgan fingerprint density at radius 3 is 2.54 bits per heavy atom. The van der Waals surface area contributed by atoms with Gasteiger partial charge in [0.2, 0.25) is 0 Å². The van der Waals surface area contributed by atoms with Crippen LogP contribution in [0.15, 0.2) is 47.4 Å². The topological polar surface area (TPSA) is 72.9 Å². The molecule has 136 valence electrons. The van der Waals surface area contributed by atoms with E-state index in [0.29, 0.717) is 4.91 Å². The second kappa shape index (κ2) is 9.30. The molecule has 1 heterocycles. The number of allylic oxidation sites excluding steroid dienone is 2.